The normalized spacial score (nSPS) is 20.1. The van der Waals surface area contributed by atoms with Crippen LogP contribution in [0.25, 0.3) is 0 Å². The van der Waals surface area contributed by atoms with E-state index >= 15 is 0 Å². The highest BCUT2D eigenvalue weighted by atomic mass is 32.2. The highest BCUT2D eigenvalue weighted by Crippen LogP contribution is 2.43. The Hall–Kier alpha value is -4.19. The number of halogens is 6. The fraction of sp³-hybridized carbons (Fsp3) is 0.500. The van der Waals surface area contributed by atoms with E-state index in [4.69, 9.17) is 4.74 Å². The van der Waals surface area contributed by atoms with Gasteiger partial charge in [-0.2, -0.15) is 26.3 Å². The number of carbonyl (C=O) groups is 3. The number of nitrogens with one attached hydrogen (secondary N) is 1. The van der Waals surface area contributed by atoms with Gasteiger partial charge in [0.1, 0.15) is 10.6 Å². The largest absolute Gasteiger partial charge is 0.474 e. The minimum atomic E-state index is -4.89. The molecule has 0 aliphatic carbocycles. The minimum Gasteiger partial charge on any atom is -0.474 e. The van der Waals surface area contributed by atoms with Crippen LogP contribution in [0.2, 0.25) is 0 Å². The summed E-state index contributed by atoms with van der Waals surface area (Å²) in [7, 11) is -3.72. The monoisotopic (exact) mass is 802 g/mol. The van der Waals surface area contributed by atoms with E-state index in [1.165, 1.54) is 9.80 Å². The Morgan fingerprint density at radius 2 is 1.74 bits per heavy atom. The molecule has 0 bridgehead atoms. The number of hydrogen-bond acceptors (Lipinski definition) is 8. The Balaban J connectivity index is 1.45. The highest BCUT2D eigenvalue weighted by molar-refractivity contribution is 7.89. The smallest absolute Gasteiger partial charge is 0.425 e. The van der Waals surface area contributed by atoms with Crippen molar-refractivity contribution >= 4 is 39.1 Å². The van der Waals surface area contributed by atoms with Gasteiger partial charge in [-0.1, -0.05) is 37.6 Å². The second kappa shape index (κ2) is 16.3. The summed E-state index contributed by atoms with van der Waals surface area (Å²) in [6.07, 6.45) is -5.26. The summed E-state index contributed by atoms with van der Waals surface area (Å²) >= 11 is 0.378. The molecule has 5 rings (SSSR count). The molecule has 2 atom stereocenters. The molecule has 0 unspecified atom stereocenters. The summed E-state index contributed by atoms with van der Waals surface area (Å²) < 4.78 is 114. The van der Waals surface area contributed by atoms with Crippen LogP contribution in [0.5, 0.6) is 5.75 Å². The van der Waals surface area contributed by atoms with Crippen LogP contribution in [0.4, 0.5) is 26.3 Å². The van der Waals surface area contributed by atoms with Gasteiger partial charge in [-0.15, -0.1) is 11.3 Å². The zero-order valence-electron chi connectivity index (χ0n) is 29.5. The summed E-state index contributed by atoms with van der Waals surface area (Å²) in [5, 5.41) is 1.13. The van der Waals surface area contributed by atoms with Crippen LogP contribution in [0.3, 0.4) is 0 Å². The summed E-state index contributed by atoms with van der Waals surface area (Å²) in [5.74, 6) is -2.54. The van der Waals surface area contributed by atoms with E-state index in [0.717, 1.165) is 41.2 Å². The standard InChI is InChI=1S/C36H40F6N4O6S2/c1-3-7-29-34(52-25-20-30(53-22-25)36(40,41)42,15-6-17-46(29)32(48)27-21-43-16-12-28(27)35(37,38)39)33(49)45-18-13-24(14-19-45)26-9-5-4-8-23(26)10-11-31(47)44-54(2,50)51/h4-5,8-9,12,16,20-22,24,29H,3,6-7,10-11,13-15,17-19H2,1-2H3,(H,44,47)/t29-,34-/m1/s1. The van der Waals surface area contributed by atoms with E-state index < -0.39 is 67.7 Å². The predicted octanol–water partition coefficient (Wildman–Crippen LogP) is 6.82. The van der Waals surface area contributed by atoms with E-state index in [1.807, 2.05) is 22.9 Å². The molecule has 2 saturated heterocycles. The molecule has 2 aromatic heterocycles. The second-order valence-corrected chi connectivity index (χ2v) is 16.2. The first-order valence-corrected chi connectivity index (χ1v) is 20.2. The highest BCUT2D eigenvalue weighted by Gasteiger charge is 2.56. The lowest BCUT2D eigenvalue weighted by molar-refractivity contribution is -0.160. The number of sulfonamides is 1. The molecule has 2 fully saturated rings. The van der Waals surface area contributed by atoms with Gasteiger partial charge in [0.25, 0.3) is 11.8 Å². The number of likely N-dealkylation sites (tertiary alicyclic amines) is 2. The number of pyridine rings is 1. The third-order valence-corrected chi connectivity index (χ3v) is 11.3. The molecule has 4 heterocycles. The van der Waals surface area contributed by atoms with Gasteiger partial charge in [-0.25, -0.2) is 8.42 Å². The van der Waals surface area contributed by atoms with Crippen molar-refractivity contribution in [2.24, 2.45) is 0 Å². The van der Waals surface area contributed by atoms with Crippen molar-refractivity contribution in [1.29, 1.82) is 0 Å². The maximum absolute atomic E-state index is 14.9. The van der Waals surface area contributed by atoms with Crippen molar-refractivity contribution < 1.29 is 53.9 Å². The topological polar surface area (TPSA) is 126 Å². The Kier molecular flexibility index (Phi) is 12.3. The SMILES string of the molecule is CCC[C@H]1N(C(=O)c2cnccc2C(F)(F)F)CCC[C@]1(Oc1csc(C(F)(F)F)c1)C(=O)N1CCC(c2ccccc2CCC(=O)NS(C)(=O)=O)CC1. The molecule has 0 spiro atoms. The van der Waals surface area contributed by atoms with Crippen LogP contribution in [0, 0.1) is 0 Å². The van der Waals surface area contributed by atoms with Gasteiger partial charge in [0.15, 0.2) is 0 Å². The molecule has 0 radical (unpaired) electrons. The number of thiophene rings is 1. The molecule has 1 N–H and O–H groups in total. The molecule has 54 heavy (non-hydrogen) atoms. The van der Waals surface area contributed by atoms with E-state index in [1.54, 1.807) is 13.0 Å². The van der Waals surface area contributed by atoms with Crippen molar-refractivity contribution in [2.45, 2.75) is 88.2 Å². The van der Waals surface area contributed by atoms with Crippen molar-refractivity contribution in [3.63, 3.8) is 0 Å². The van der Waals surface area contributed by atoms with Crippen LogP contribution in [-0.2, 0) is 38.4 Å². The van der Waals surface area contributed by atoms with E-state index in [-0.39, 0.29) is 63.4 Å². The fourth-order valence-electron chi connectivity index (χ4n) is 7.43. The van der Waals surface area contributed by atoms with Gasteiger partial charge >= 0.3 is 12.4 Å². The van der Waals surface area contributed by atoms with Crippen LogP contribution < -0.4 is 9.46 Å². The number of nitrogens with zero attached hydrogens (tertiary/aromatic N) is 3. The molecule has 1 aromatic carbocycles. The Morgan fingerprint density at radius 3 is 2.37 bits per heavy atom. The lowest BCUT2D eigenvalue weighted by Gasteiger charge is -2.50. The molecule has 18 heteroatoms. The van der Waals surface area contributed by atoms with E-state index in [0.29, 0.717) is 36.7 Å². The van der Waals surface area contributed by atoms with Gasteiger partial charge in [-0.3, -0.25) is 24.1 Å². The molecule has 0 saturated carbocycles. The Morgan fingerprint density at radius 1 is 1.04 bits per heavy atom. The molecular weight excluding hydrogens is 763 g/mol. The van der Waals surface area contributed by atoms with Gasteiger partial charge in [0.05, 0.1) is 23.4 Å². The van der Waals surface area contributed by atoms with Gasteiger partial charge < -0.3 is 14.5 Å². The summed E-state index contributed by atoms with van der Waals surface area (Å²) in [5.41, 5.74) is -2.08. The molecule has 2 aliphatic heterocycles. The average molecular weight is 803 g/mol. The number of hydrogen-bond donors (Lipinski definition) is 1. The first kappa shape index (κ1) is 41.0. The predicted molar refractivity (Wildman–Crippen MR) is 187 cm³/mol. The van der Waals surface area contributed by atoms with Gasteiger partial charge in [0, 0.05) is 56.3 Å². The van der Waals surface area contributed by atoms with Crippen molar-refractivity contribution in [1.82, 2.24) is 19.5 Å². The first-order chi connectivity index (χ1) is 25.3. The maximum atomic E-state index is 14.9. The number of carbonyl (C=O) groups excluding carboxylic acids is 3. The van der Waals surface area contributed by atoms with Gasteiger partial charge in [-0.05, 0) is 55.2 Å². The maximum Gasteiger partial charge on any atom is 0.425 e. The zero-order chi connectivity index (χ0) is 39.5. The quantitative estimate of drug-likeness (QED) is 0.211. The second-order valence-electron chi connectivity index (χ2n) is 13.5. The van der Waals surface area contributed by atoms with E-state index in [9.17, 15) is 49.1 Å². The van der Waals surface area contributed by atoms with E-state index in [2.05, 4.69) is 4.98 Å². The third kappa shape index (κ3) is 9.36. The van der Waals surface area contributed by atoms with Crippen LogP contribution in [-0.4, -0.2) is 78.5 Å². The van der Waals surface area contributed by atoms with Crippen molar-refractivity contribution in [3.05, 3.63) is 81.3 Å². The summed E-state index contributed by atoms with van der Waals surface area (Å²) in [6.45, 7) is 2.13. The van der Waals surface area contributed by atoms with Gasteiger partial charge in [0.2, 0.25) is 21.5 Å². The minimum absolute atomic E-state index is 0.00501. The molecule has 294 valence electrons. The number of aryl methyl sites for hydroxylation is 1. The van der Waals surface area contributed by atoms with Crippen LogP contribution in [0.15, 0.2) is 54.2 Å². The summed E-state index contributed by atoms with van der Waals surface area (Å²) in [4.78, 5) is 46.6. The lowest BCUT2D eigenvalue weighted by atomic mass is 9.78. The van der Waals surface area contributed by atoms with Crippen molar-refractivity contribution in [2.75, 3.05) is 25.9 Å². The first-order valence-electron chi connectivity index (χ1n) is 17.4. The number of benzene rings is 1. The number of alkyl halides is 6. The number of piperidine rings is 2. The Bertz CT molecular complexity index is 1940. The number of ether oxygens (including phenoxy) is 1. The molecule has 3 aromatic rings. The average Bonchev–Trinajstić information content (AvgIpc) is 3.59. The molecule has 10 nitrogen and oxygen atoms in total. The summed E-state index contributed by atoms with van der Waals surface area (Å²) in [6, 6.07) is 7.72. The van der Waals surface area contributed by atoms with Crippen molar-refractivity contribution in [3.8, 4) is 5.75 Å². The molecule has 3 amide bonds. The van der Waals surface area contributed by atoms with Crippen LogP contribution in [0.1, 0.15) is 89.7 Å². The number of aromatic nitrogens is 1. The molecule has 2 aliphatic rings. The molecular formula is C36H40F6N4O6S2. The number of amides is 3. The third-order valence-electron chi connectivity index (χ3n) is 9.76. The Labute approximate surface area is 312 Å². The lowest BCUT2D eigenvalue weighted by Crippen LogP contribution is -2.68. The zero-order valence-corrected chi connectivity index (χ0v) is 31.1. The number of rotatable bonds is 11. The van der Waals surface area contributed by atoms with Crippen LogP contribution >= 0.6 is 11.3 Å². The fourth-order valence-corrected chi connectivity index (χ4v) is 8.62.